The summed E-state index contributed by atoms with van der Waals surface area (Å²) in [5.74, 6) is 0.602. The predicted molar refractivity (Wildman–Crippen MR) is 87.7 cm³/mol. The van der Waals surface area contributed by atoms with E-state index in [2.05, 4.69) is 24.1 Å². The van der Waals surface area contributed by atoms with Crippen LogP contribution in [0, 0.1) is 0 Å². The zero-order valence-electron chi connectivity index (χ0n) is 13.3. The second-order valence-corrected chi connectivity index (χ2v) is 5.05. The third-order valence-electron chi connectivity index (χ3n) is 3.43. The van der Waals surface area contributed by atoms with Gasteiger partial charge in [0.2, 0.25) is 5.91 Å². The number of nitrogens with two attached hydrogens (primary N) is 1. The third kappa shape index (κ3) is 6.04. The predicted octanol–water partition coefficient (Wildman–Crippen LogP) is 2.73. The van der Waals surface area contributed by atoms with E-state index in [1.165, 1.54) is 12.8 Å². The number of unbranched alkanes of at least 4 members (excludes halogenated alkanes) is 1. The van der Waals surface area contributed by atoms with Gasteiger partial charge >= 0.3 is 0 Å². The van der Waals surface area contributed by atoms with Crippen LogP contribution in [0.4, 0.5) is 11.4 Å². The number of carbonyl (C=O) groups excluding carboxylic acids is 1. The Balaban J connectivity index is 2.51. The number of nitrogen functional groups attached to an aromatic ring is 1. The molecule has 0 saturated heterocycles. The van der Waals surface area contributed by atoms with E-state index in [1.807, 2.05) is 0 Å². The van der Waals surface area contributed by atoms with E-state index in [-0.39, 0.29) is 5.91 Å². The maximum Gasteiger partial charge on any atom is 0.225 e. The molecular formula is C16H27N3O2. The molecule has 0 aliphatic heterocycles. The average Bonchev–Trinajstić information content (AvgIpc) is 2.47. The van der Waals surface area contributed by atoms with Crippen molar-refractivity contribution < 1.29 is 9.53 Å². The second-order valence-electron chi connectivity index (χ2n) is 5.05. The van der Waals surface area contributed by atoms with Gasteiger partial charge in [-0.15, -0.1) is 0 Å². The molecule has 3 N–H and O–H groups in total. The van der Waals surface area contributed by atoms with Gasteiger partial charge in [-0.1, -0.05) is 20.3 Å². The minimum absolute atomic E-state index is 0.0196. The number of rotatable bonds is 9. The fraction of sp³-hybridized carbons (Fsp3) is 0.562. The molecule has 1 aromatic rings. The Labute approximate surface area is 127 Å². The Kier molecular flexibility index (Phi) is 7.61. The van der Waals surface area contributed by atoms with Crippen molar-refractivity contribution in [3.05, 3.63) is 18.2 Å². The van der Waals surface area contributed by atoms with Crippen molar-refractivity contribution in [1.29, 1.82) is 0 Å². The summed E-state index contributed by atoms with van der Waals surface area (Å²) in [4.78, 5) is 14.3. The van der Waals surface area contributed by atoms with Gasteiger partial charge in [0.05, 0.1) is 12.8 Å². The standard InChI is InChI=1S/C16H27N3O2/c1-4-6-10-19(5-2)11-9-16(20)18-14-12-13(17)7-8-15(14)21-3/h7-8,12H,4-6,9-11,17H2,1-3H3,(H,18,20). The highest BCUT2D eigenvalue weighted by Crippen LogP contribution is 2.26. The molecule has 5 heteroatoms. The van der Waals surface area contributed by atoms with Crippen LogP contribution in [-0.2, 0) is 4.79 Å². The largest absolute Gasteiger partial charge is 0.495 e. The summed E-state index contributed by atoms with van der Waals surface area (Å²) in [5.41, 5.74) is 6.97. The minimum Gasteiger partial charge on any atom is -0.495 e. The number of benzene rings is 1. The number of anilines is 2. The summed E-state index contributed by atoms with van der Waals surface area (Å²) < 4.78 is 5.22. The number of nitrogens with one attached hydrogen (secondary N) is 1. The van der Waals surface area contributed by atoms with Gasteiger partial charge in [0.25, 0.3) is 0 Å². The number of carbonyl (C=O) groups is 1. The minimum atomic E-state index is -0.0196. The first-order valence-electron chi connectivity index (χ1n) is 7.56. The summed E-state index contributed by atoms with van der Waals surface area (Å²) in [6.45, 7) is 7.07. The molecule has 21 heavy (non-hydrogen) atoms. The summed E-state index contributed by atoms with van der Waals surface area (Å²) in [6, 6.07) is 5.22. The lowest BCUT2D eigenvalue weighted by Gasteiger charge is -2.19. The second kappa shape index (κ2) is 9.23. The molecule has 0 aromatic heterocycles. The molecule has 118 valence electrons. The highest BCUT2D eigenvalue weighted by atomic mass is 16.5. The summed E-state index contributed by atoms with van der Waals surface area (Å²) >= 11 is 0. The van der Waals surface area contributed by atoms with Crippen LogP contribution in [0.25, 0.3) is 0 Å². The first-order chi connectivity index (χ1) is 10.1. The summed E-state index contributed by atoms with van der Waals surface area (Å²) in [6.07, 6.45) is 2.80. The van der Waals surface area contributed by atoms with Crippen LogP contribution in [0.3, 0.4) is 0 Å². The number of ether oxygens (including phenoxy) is 1. The van der Waals surface area contributed by atoms with Gasteiger partial charge < -0.3 is 20.7 Å². The smallest absolute Gasteiger partial charge is 0.225 e. The fourth-order valence-electron chi connectivity index (χ4n) is 2.11. The zero-order chi connectivity index (χ0) is 15.7. The molecule has 5 nitrogen and oxygen atoms in total. The fourth-order valence-corrected chi connectivity index (χ4v) is 2.11. The van der Waals surface area contributed by atoms with Crippen molar-refractivity contribution in [2.45, 2.75) is 33.1 Å². The Morgan fingerprint density at radius 2 is 2.10 bits per heavy atom. The molecule has 0 unspecified atom stereocenters. The van der Waals surface area contributed by atoms with E-state index in [9.17, 15) is 4.79 Å². The molecule has 1 aromatic carbocycles. The molecule has 0 heterocycles. The molecule has 0 bridgehead atoms. The summed E-state index contributed by atoms with van der Waals surface area (Å²) in [5, 5.41) is 2.87. The number of nitrogens with zero attached hydrogens (tertiary/aromatic N) is 1. The van der Waals surface area contributed by atoms with Crippen molar-refractivity contribution in [3.8, 4) is 5.75 Å². The van der Waals surface area contributed by atoms with Crippen LogP contribution in [-0.4, -0.2) is 37.6 Å². The van der Waals surface area contributed by atoms with Crippen molar-refractivity contribution in [2.75, 3.05) is 37.8 Å². The van der Waals surface area contributed by atoms with Crippen LogP contribution < -0.4 is 15.8 Å². The molecule has 0 spiro atoms. The highest BCUT2D eigenvalue weighted by molar-refractivity contribution is 5.93. The first kappa shape index (κ1) is 17.3. The Hall–Kier alpha value is -1.75. The number of methoxy groups -OCH3 is 1. The van der Waals surface area contributed by atoms with Crippen molar-refractivity contribution in [1.82, 2.24) is 4.90 Å². The maximum absolute atomic E-state index is 12.1. The van der Waals surface area contributed by atoms with E-state index < -0.39 is 0 Å². The van der Waals surface area contributed by atoms with Gasteiger partial charge in [-0.25, -0.2) is 0 Å². The lowest BCUT2D eigenvalue weighted by molar-refractivity contribution is -0.116. The molecule has 1 amide bonds. The van der Waals surface area contributed by atoms with Crippen molar-refractivity contribution in [2.24, 2.45) is 0 Å². The van der Waals surface area contributed by atoms with E-state index in [0.717, 1.165) is 19.6 Å². The molecular weight excluding hydrogens is 266 g/mol. The van der Waals surface area contributed by atoms with Crippen LogP contribution >= 0.6 is 0 Å². The normalized spacial score (nSPS) is 10.7. The SMILES string of the molecule is CCCCN(CC)CCC(=O)Nc1cc(N)ccc1OC. The number of hydrogen-bond acceptors (Lipinski definition) is 4. The third-order valence-corrected chi connectivity index (χ3v) is 3.43. The molecule has 0 aliphatic rings. The highest BCUT2D eigenvalue weighted by Gasteiger charge is 2.10. The molecule has 0 radical (unpaired) electrons. The quantitative estimate of drug-likeness (QED) is 0.687. The lowest BCUT2D eigenvalue weighted by atomic mass is 10.2. The molecule has 0 aliphatic carbocycles. The van der Waals surface area contributed by atoms with Crippen molar-refractivity contribution >= 4 is 17.3 Å². The van der Waals surface area contributed by atoms with Gasteiger partial charge in [-0.2, -0.15) is 0 Å². The Morgan fingerprint density at radius 1 is 1.33 bits per heavy atom. The van der Waals surface area contributed by atoms with Crippen molar-refractivity contribution in [3.63, 3.8) is 0 Å². The van der Waals surface area contributed by atoms with Gasteiger partial charge in [-0.05, 0) is 37.7 Å². The average molecular weight is 293 g/mol. The van der Waals surface area contributed by atoms with Crippen LogP contribution in [0.2, 0.25) is 0 Å². The lowest BCUT2D eigenvalue weighted by Crippen LogP contribution is -2.28. The van der Waals surface area contributed by atoms with Gasteiger partial charge in [0.1, 0.15) is 5.75 Å². The zero-order valence-corrected chi connectivity index (χ0v) is 13.3. The molecule has 1 rings (SSSR count). The van der Waals surface area contributed by atoms with Gasteiger partial charge in [0.15, 0.2) is 0 Å². The monoisotopic (exact) mass is 293 g/mol. The molecule has 0 saturated carbocycles. The number of amides is 1. The van der Waals surface area contributed by atoms with Crippen LogP contribution in [0.1, 0.15) is 33.1 Å². The molecule has 0 atom stereocenters. The van der Waals surface area contributed by atoms with Crippen LogP contribution in [0.15, 0.2) is 18.2 Å². The Morgan fingerprint density at radius 3 is 2.71 bits per heavy atom. The number of hydrogen-bond donors (Lipinski definition) is 2. The van der Waals surface area contributed by atoms with E-state index in [0.29, 0.717) is 23.5 Å². The first-order valence-corrected chi connectivity index (χ1v) is 7.56. The van der Waals surface area contributed by atoms with Gasteiger partial charge in [-0.3, -0.25) is 4.79 Å². The maximum atomic E-state index is 12.1. The Bertz CT molecular complexity index is 449. The van der Waals surface area contributed by atoms with E-state index in [1.54, 1.807) is 25.3 Å². The van der Waals surface area contributed by atoms with E-state index in [4.69, 9.17) is 10.5 Å². The van der Waals surface area contributed by atoms with Gasteiger partial charge in [0, 0.05) is 18.7 Å². The topological polar surface area (TPSA) is 67.6 Å². The molecule has 0 fully saturated rings. The summed E-state index contributed by atoms with van der Waals surface area (Å²) in [7, 11) is 1.57. The van der Waals surface area contributed by atoms with Crippen LogP contribution in [0.5, 0.6) is 5.75 Å². The van der Waals surface area contributed by atoms with E-state index >= 15 is 0 Å².